The quantitative estimate of drug-likeness (QED) is 0.693. The molecule has 1 unspecified atom stereocenters. The summed E-state index contributed by atoms with van der Waals surface area (Å²) in [7, 11) is 0. The van der Waals surface area contributed by atoms with Crippen molar-refractivity contribution in [3.05, 3.63) is 29.8 Å². The topological polar surface area (TPSA) is 27.7 Å². The second-order valence-corrected chi connectivity index (χ2v) is 3.02. The molecule has 3 nitrogen and oxygen atoms in total. The summed E-state index contributed by atoms with van der Waals surface area (Å²) in [6, 6.07) is 7.87. The highest BCUT2D eigenvalue weighted by atomic mass is 16.8. The van der Waals surface area contributed by atoms with Crippen molar-refractivity contribution in [2.45, 2.75) is 13.2 Å². The van der Waals surface area contributed by atoms with E-state index in [1.54, 1.807) is 0 Å². The van der Waals surface area contributed by atoms with Crippen LogP contribution in [0.2, 0.25) is 0 Å². The van der Waals surface area contributed by atoms with Gasteiger partial charge in [-0.3, -0.25) is 0 Å². The molecule has 1 saturated heterocycles. The predicted molar refractivity (Wildman–Crippen MR) is 47.5 cm³/mol. The van der Waals surface area contributed by atoms with E-state index >= 15 is 0 Å². The molecule has 0 bridgehead atoms. The van der Waals surface area contributed by atoms with Crippen molar-refractivity contribution in [2.75, 3.05) is 13.4 Å². The van der Waals surface area contributed by atoms with E-state index in [0.717, 1.165) is 5.75 Å². The third-order valence-corrected chi connectivity index (χ3v) is 1.88. The van der Waals surface area contributed by atoms with E-state index in [1.165, 1.54) is 5.56 Å². The maximum absolute atomic E-state index is 5.48. The molecule has 70 valence electrons. The molecule has 1 aromatic carbocycles. The first kappa shape index (κ1) is 8.53. The summed E-state index contributed by atoms with van der Waals surface area (Å²) in [5.41, 5.74) is 1.22. The first-order valence-corrected chi connectivity index (χ1v) is 4.27. The van der Waals surface area contributed by atoms with E-state index < -0.39 is 0 Å². The molecule has 1 aliphatic heterocycles. The highest BCUT2D eigenvalue weighted by Crippen LogP contribution is 2.15. The van der Waals surface area contributed by atoms with Crippen LogP contribution >= 0.6 is 0 Å². The predicted octanol–water partition coefficient (Wildman–Crippen LogP) is 1.70. The van der Waals surface area contributed by atoms with E-state index in [9.17, 15) is 0 Å². The molecule has 0 radical (unpaired) electrons. The number of hydrogen-bond donors (Lipinski definition) is 0. The Kier molecular flexibility index (Phi) is 2.47. The zero-order valence-corrected chi connectivity index (χ0v) is 7.53. The minimum Gasteiger partial charge on any atom is -0.462 e. The fraction of sp³-hybridized carbons (Fsp3) is 0.400. The van der Waals surface area contributed by atoms with Crippen LogP contribution in [-0.4, -0.2) is 19.7 Å². The van der Waals surface area contributed by atoms with Crippen molar-refractivity contribution in [3.8, 4) is 5.75 Å². The van der Waals surface area contributed by atoms with Gasteiger partial charge in [-0.15, -0.1) is 0 Å². The monoisotopic (exact) mass is 180 g/mol. The number of aryl methyl sites for hydroxylation is 1. The Morgan fingerprint density at radius 1 is 1.31 bits per heavy atom. The standard InChI is InChI=1S/C10H12O3/c1-8-2-4-9(5-3-8)13-10-6-11-7-12-10/h2-5,10H,6-7H2,1H3. The first-order chi connectivity index (χ1) is 6.34. The van der Waals surface area contributed by atoms with Crippen molar-refractivity contribution in [1.82, 2.24) is 0 Å². The van der Waals surface area contributed by atoms with Gasteiger partial charge < -0.3 is 14.2 Å². The third-order valence-electron chi connectivity index (χ3n) is 1.88. The number of benzene rings is 1. The molecule has 2 rings (SSSR count). The molecule has 0 amide bonds. The Morgan fingerprint density at radius 2 is 2.08 bits per heavy atom. The second-order valence-electron chi connectivity index (χ2n) is 3.02. The highest BCUT2D eigenvalue weighted by Gasteiger charge is 2.16. The average Bonchev–Trinajstić information content (AvgIpc) is 2.62. The normalized spacial score (nSPS) is 21.8. The lowest BCUT2D eigenvalue weighted by atomic mass is 10.2. The first-order valence-electron chi connectivity index (χ1n) is 4.27. The van der Waals surface area contributed by atoms with Gasteiger partial charge in [-0.05, 0) is 19.1 Å². The van der Waals surface area contributed by atoms with Gasteiger partial charge in [0, 0.05) is 0 Å². The Balaban J connectivity index is 1.97. The summed E-state index contributed by atoms with van der Waals surface area (Å²) >= 11 is 0. The summed E-state index contributed by atoms with van der Waals surface area (Å²) in [6.07, 6.45) is -0.247. The van der Waals surface area contributed by atoms with Crippen molar-refractivity contribution in [3.63, 3.8) is 0 Å². The largest absolute Gasteiger partial charge is 0.462 e. The highest BCUT2D eigenvalue weighted by molar-refractivity contribution is 5.26. The van der Waals surface area contributed by atoms with Gasteiger partial charge in [-0.1, -0.05) is 17.7 Å². The molecule has 0 saturated carbocycles. The number of rotatable bonds is 2. The summed E-state index contributed by atoms with van der Waals surface area (Å²) in [4.78, 5) is 0. The molecule has 1 fully saturated rings. The van der Waals surface area contributed by atoms with Crippen molar-refractivity contribution in [1.29, 1.82) is 0 Å². The SMILES string of the molecule is Cc1ccc(OC2COCO2)cc1. The molecule has 0 aliphatic carbocycles. The van der Waals surface area contributed by atoms with Crippen LogP contribution in [0.4, 0.5) is 0 Å². The van der Waals surface area contributed by atoms with Crippen LogP contribution in [0, 0.1) is 6.92 Å². The third kappa shape index (κ3) is 2.20. The zero-order valence-electron chi connectivity index (χ0n) is 7.53. The summed E-state index contributed by atoms with van der Waals surface area (Å²) in [5.74, 6) is 0.820. The Labute approximate surface area is 77.2 Å². The number of hydrogen-bond acceptors (Lipinski definition) is 3. The van der Waals surface area contributed by atoms with Crippen LogP contribution in [0.15, 0.2) is 24.3 Å². The fourth-order valence-corrected chi connectivity index (χ4v) is 1.15. The molecular weight excluding hydrogens is 168 g/mol. The van der Waals surface area contributed by atoms with E-state index in [-0.39, 0.29) is 6.29 Å². The van der Waals surface area contributed by atoms with Gasteiger partial charge in [0.2, 0.25) is 6.29 Å². The van der Waals surface area contributed by atoms with Crippen molar-refractivity contribution in [2.24, 2.45) is 0 Å². The molecule has 0 aromatic heterocycles. The van der Waals surface area contributed by atoms with Crippen LogP contribution in [-0.2, 0) is 9.47 Å². The minimum atomic E-state index is -0.247. The number of ether oxygens (including phenoxy) is 3. The smallest absolute Gasteiger partial charge is 0.225 e. The molecule has 0 spiro atoms. The van der Waals surface area contributed by atoms with Crippen LogP contribution in [0.25, 0.3) is 0 Å². The Hall–Kier alpha value is -1.06. The lowest BCUT2D eigenvalue weighted by Crippen LogP contribution is -2.17. The van der Waals surface area contributed by atoms with Gasteiger partial charge in [0.1, 0.15) is 12.4 Å². The maximum atomic E-state index is 5.48. The second kappa shape index (κ2) is 3.77. The van der Waals surface area contributed by atoms with Crippen LogP contribution in [0.3, 0.4) is 0 Å². The molecule has 1 atom stereocenters. The average molecular weight is 180 g/mol. The van der Waals surface area contributed by atoms with Gasteiger partial charge in [-0.25, -0.2) is 0 Å². The van der Waals surface area contributed by atoms with Gasteiger partial charge >= 0.3 is 0 Å². The molecule has 1 heterocycles. The van der Waals surface area contributed by atoms with Crippen LogP contribution in [0.5, 0.6) is 5.75 Å². The van der Waals surface area contributed by atoms with E-state index in [0.29, 0.717) is 13.4 Å². The molecule has 0 N–H and O–H groups in total. The minimum absolute atomic E-state index is 0.247. The molecule has 1 aromatic rings. The Morgan fingerprint density at radius 3 is 2.69 bits per heavy atom. The van der Waals surface area contributed by atoms with E-state index in [4.69, 9.17) is 14.2 Å². The van der Waals surface area contributed by atoms with Crippen LogP contribution < -0.4 is 4.74 Å². The zero-order chi connectivity index (χ0) is 9.10. The molecular formula is C10H12O3. The van der Waals surface area contributed by atoms with Crippen molar-refractivity contribution >= 4 is 0 Å². The van der Waals surface area contributed by atoms with Gasteiger partial charge in [-0.2, -0.15) is 0 Å². The summed E-state index contributed by atoms with van der Waals surface area (Å²) in [6.45, 7) is 2.88. The molecule has 1 aliphatic rings. The van der Waals surface area contributed by atoms with Crippen molar-refractivity contribution < 1.29 is 14.2 Å². The Bertz CT molecular complexity index is 262. The van der Waals surface area contributed by atoms with Gasteiger partial charge in [0.15, 0.2) is 6.79 Å². The lowest BCUT2D eigenvalue weighted by Gasteiger charge is -2.10. The van der Waals surface area contributed by atoms with E-state index in [1.807, 2.05) is 31.2 Å². The van der Waals surface area contributed by atoms with Gasteiger partial charge in [0.05, 0.1) is 0 Å². The summed E-state index contributed by atoms with van der Waals surface area (Å²) in [5, 5.41) is 0. The fourth-order valence-electron chi connectivity index (χ4n) is 1.15. The van der Waals surface area contributed by atoms with E-state index in [2.05, 4.69) is 0 Å². The van der Waals surface area contributed by atoms with Crippen LogP contribution in [0.1, 0.15) is 5.56 Å². The van der Waals surface area contributed by atoms with Gasteiger partial charge in [0.25, 0.3) is 0 Å². The molecule has 13 heavy (non-hydrogen) atoms. The maximum Gasteiger partial charge on any atom is 0.225 e. The summed E-state index contributed by atoms with van der Waals surface area (Å²) < 4.78 is 15.6. The molecule has 3 heteroatoms. The lowest BCUT2D eigenvalue weighted by molar-refractivity contribution is -0.0410.